The second kappa shape index (κ2) is 8.52. The number of aliphatic hydroxyl groups is 1. The van der Waals surface area contributed by atoms with Crippen LogP contribution in [0.25, 0.3) is 11.1 Å². The van der Waals surface area contributed by atoms with Crippen LogP contribution in [0.3, 0.4) is 0 Å². The highest BCUT2D eigenvalue weighted by Gasteiger charge is 2.47. The van der Waals surface area contributed by atoms with E-state index in [1.165, 1.54) is 24.3 Å². The third-order valence-electron chi connectivity index (χ3n) is 7.10. The average molecular weight is 447 g/mol. The van der Waals surface area contributed by atoms with Gasteiger partial charge in [-0.25, -0.2) is 4.39 Å². The van der Waals surface area contributed by atoms with Crippen LogP contribution in [0, 0.1) is 11.7 Å². The number of hydrogen-bond donors (Lipinski definition) is 1. The van der Waals surface area contributed by atoms with Crippen LogP contribution in [0.1, 0.15) is 28.4 Å². The van der Waals surface area contributed by atoms with Crippen LogP contribution in [-0.4, -0.2) is 49.3 Å². The van der Waals surface area contributed by atoms with Gasteiger partial charge in [-0.3, -0.25) is 4.79 Å². The molecule has 0 spiro atoms. The lowest BCUT2D eigenvalue weighted by Crippen LogP contribution is -2.48. The molecule has 0 aromatic heterocycles. The highest BCUT2D eigenvalue weighted by atomic mass is 19.1. The van der Waals surface area contributed by atoms with Crippen molar-refractivity contribution in [1.29, 1.82) is 0 Å². The van der Waals surface area contributed by atoms with Crippen molar-refractivity contribution in [3.05, 3.63) is 83.7 Å². The van der Waals surface area contributed by atoms with Gasteiger partial charge in [-0.1, -0.05) is 18.2 Å². The van der Waals surface area contributed by atoms with E-state index in [1.54, 1.807) is 7.11 Å². The van der Waals surface area contributed by atoms with Crippen LogP contribution < -0.4 is 9.64 Å². The zero-order valence-electron chi connectivity index (χ0n) is 18.7. The highest BCUT2D eigenvalue weighted by Crippen LogP contribution is 2.49. The molecule has 2 aliphatic heterocycles. The SMILES string of the molecule is COc1cccc(-c2ccc3c(c2)[C@H]2[C@H](CCN2C(=O)c2ccc(F)cc2)[C@@H](CO)N3C)c1. The highest BCUT2D eigenvalue weighted by molar-refractivity contribution is 5.95. The van der Waals surface area contributed by atoms with Crippen LogP contribution in [0.2, 0.25) is 0 Å². The number of hydrogen-bond acceptors (Lipinski definition) is 4. The van der Waals surface area contributed by atoms with Gasteiger partial charge in [0.15, 0.2) is 0 Å². The molecular formula is C27H27FN2O3. The molecule has 6 heteroatoms. The molecule has 0 aliphatic carbocycles. The minimum Gasteiger partial charge on any atom is -0.497 e. The Morgan fingerprint density at radius 3 is 2.58 bits per heavy atom. The normalized spacial score (nSPS) is 21.5. The summed E-state index contributed by atoms with van der Waals surface area (Å²) < 4.78 is 18.8. The number of amides is 1. The van der Waals surface area contributed by atoms with Gasteiger partial charge in [-0.15, -0.1) is 0 Å². The minimum atomic E-state index is -0.362. The first-order chi connectivity index (χ1) is 16.0. The Kier molecular flexibility index (Phi) is 5.54. The van der Waals surface area contributed by atoms with E-state index in [2.05, 4.69) is 23.1 Å². The fraction of sp³-hybridized carbons (Fsp3) is 0.296. The molecule has 2 heterocycles. The van der Waals surface area contributed by atoms with E-state index in [9.17, 15) is 14.3 Å². The van der Waals surface area contributed by atoms with Crippen molar-refractivity contribution in [3.63, 3.8) is 0 Å². The lowest BCUT2D eigenvalue weighted by atomic mass is 9.81. The molecule has 1 fully saturated rings. The van der Waals surface area contributed by atoms with Crippen molar-refractivity contribution in [2.24, 2.45) is 5.92 Å². The number of ether oxygens (including phenoxy) is 1. The van der Waals surface area contributed by atoms with E-state index in [0.29, 0.717) is 12.1 Å². The maximum Gasteiger partial charge on any atom is 0.254 e. The molecule has 3 atom stereocenters. The number of fused-ring (bicyclic) bond motifs is 3. The van der Waals surface area contributed by atoms with Gasteiger partial charge in [0.2, 0.25) is 0 Å². The van der Waals surface area contributed by atoms with Crippen LogP contribution >= 0.6 is 0 Å². The quantitative estimate of drug-likeness (QED) is 0.641. The molecule has 5 nitrogen and oxygen atoms in total. The van der Waals surface area contributed by atoms with Crippen molar-refractivity contribution >= 4 is 11.6 Å². The Labute approximate surface area is 193 Å². The van der Waals surface area contributed by atoms with Crippen molar-refractivity contribution in [2.75, 3.05) is 32.2 Å². The van der Waals surface area contributed by atoms with E-state index in [0.717, 1.165) is 34.5 Å². The Morgan fingerprint density at radius 2 is 1.85 bits per heavy atom. The standard InChI is InChI=1S/C27H27FN2O3/c1-29-24-11-8-19(18-4-3-5-21(14-18)33-2)15-23(24)26-22(25(29)16-31)12-13-30(26)27(32)17-6-9-20(28)10-7-17/h3-11,14-15,22,25-26,31H,12-13,16H2,1-2H3/t22-,25-,26-/m1/s1. The first-order valence-electron chi connectivity index (χ1n) is 11.2. The zero-order valence-corrected chi connectivity index (χ0v) is 18.7. The van der Waals surface area contributed by atoms with Crippen LogP contribution in [0.5, 0.6) is 5.75 Å². The first kappa shape index (κ1) is 21.5. The summed E-state index contributed by atoms with van der Waals surface area (Å²) >= 11 is 0. The molecule has 3 aromatic carbocycles. The molecule has 1 amide bonds. The number of nitrogens with zero attached hydrogens (tertiary/aromatic N) is 2. The number of rotatable bonds is 4. The maximum absolute atomic E-state index is 13.4. The van der Waals surface area contributed by atoms with Gasteiger partial charge in [-0.05, 0) is 71.6 Å². The van der Waals surface area contributed by atoms with Crippen molar-refractivity contribution in [2.45, 2.75) is 18.5 Å². The monoisotopic (exact) mass is 446 g/mol. The average Bonchev–Trinajstić information content (AvgIpc) is 3.29. The fourth-order valence-electron chi connectivity index (χ4n) is 5.42. The molecule has 1 N–H and O–H groups in total. The Morgan fingerprint density at radius 1 is 1.09 bits per heavy atom. The molecule has 0 unspecified atom stereocenters. The van der Waals surface area contributed by atoms with E-state index in [4.69, 9.17) is 4.74 Å². The number of benzene rings is 3. The summed E-state index contributed by atoms with van der Waals surface area (Å²) in [5.74, 6) is 0.423. The Hall–Kier alpha value is -3.38. The van der Waals surface area contributed by atoms with Gasteiger partial charge >= 0.3 is 0 Å². The summed E-state index contributed by atoms with van der Waals surface area (Å²) in [7, 11) is 3.66. The number of aliphatic hydroxyl groups excluding tert-OH is 1. The van der Waals surface area contributed by atoms with E-state index >= 15 is 0 Å². The number of likely N-dealkylation sites (N-methyl/N-ethyl adjacent to an activating group) is 1. The van der Waals surface area contributed by atoms with Crippen LogP contribution in [-0.2, 0) is 0 Å². The van der Waals surface area contributed by atoms with Gasteiger partial charge in [0.1, 0.15) is 11.6 Å². The van der Waals surface area contributed by atoms with E-state index in [-0.39, 0.29) is 36.3 Å². The number of likely N-dealkylation sites (tertiary alicyclic amines) is 1. The topological polar surface area (TPSA) is 53.0 Å². The fourth-order valence-corrected chi connectivity index (χ4v) is 5.42. The molecule has 0 radical (unpaired) electrons. The molecule has 33 heavy (non-hydrogen) atoms. The van der Waals surface area contributed by atoms with E-state index in [1.807, 2.05) is 36.2 Å². The molecular weight excluding hydrogens is 419 g/mol. The number of carbonyl (C=O) groups excluding carboxylic acids is 1. The van der Waals surface area contributed by atoms with Gasteiger partial charge in [0.05, 0.1) is 25.8 Å². The second-order valence-electron chi connectivity index (χ2n) is 8.77. The third kappa shape index (κ3) is 3.64. The summed E-state index contributed by atoms with van der Waals surface area (Å²) in [6.45, 7) is 0.617. The van der Waals surface area contributed by atoms with Crippen molar-refractivity contribution in [3.8, 4) is 16.9 Å². The lowest BCUT2D eigenvalue weighted by molar-refractivity contribution is 0.0694. The predicted octanol–water partition coefficient (Wildman–Crippen LogP) is 4.52. The predicted molar refractivity (Wildman–Crippen MR) is 126 cm³/mol. The zero-order chi connectivity index (χ0) is 23.1. The van der Waals surface area contributed by atoms with Crippen molar-refractivity contribution < 1.29 is 19.0 Å². The largest absolute Gasteiger partial charge is 0.497 e. The van der Waals surface area contributed by atoms with Crippen LogP contribution in [0.15, 0.2) is 66.7 Å². The number of halogens is 1. The molecule has 5 rings (SSSR count). The van der Waals surface area contributed by atoms with E-state index < -0.39 is 0 Å². The second-order valence-corrected chi connectivity index (χ2v) is 8.77. The summed E-state index contributed by atoms with van der Waals surface area (Å²) in [5.41, 5.74) is 4.64. The minimum absolute atomic E-state index is 0.0212. The molecule has 170 valence electrons. The maximum atomic E-state index is 13.4. The lowest BCUT2D eigenvalue weighted by Gasteiger charge is -2.44. The smallest absolute Gasteiger partial charge is 0.254 e. The Bertz CT molecular complexity index is 1180. The number of methoxy groups -OCH3 is 1. The molecule has 3 aromatic rings. The van der Waals surface area contributed by atoms with Gasteiger partial charge < -0.3 is 19.6 Å². The molecule has 0 saturated carbocycles. The van der Waals surface area contributed by atoms with Gasteiger partial charge in [-0.2, -0.15) is 0 Å². The summed E-state index contributed by atoms with van der Waals surface area (Å²) in [6, 6.07) is 19.7. The molecule has 1 saturated heterocycles. The molecule has 0 bridgehead atoms. The van der Waals surface area contributed by atoms with Crippen LogP contribution in [0.4, 0.5) is 10.1 Å². The van der Waals surface area contributed by atoms with Gasteiger partial charge in [0.25, 0.3) is 5.91 Å². The van der Waals surface area contributed by atoms with Crippen molar-refractivity contribution in [1.82, 2.24) is 4.90 Å². The number of anilines is 1. The summed E-state index contributed by atoms with van der Waals surface area (Å²) in [4.78, 5) is 17.5. The number of carbonyl (C=O) groups is 1. The van der Waals surface area contributed by atoms with Gasteiger partial charge in [0, 0.05) is 30.8 Å². The first-order valence-corrected chi connectivity index (χ1v) is 11.2. The summed E-state index contributed by atoms with van der Waals surface area (Å²) in [6.07, 6.45) is 0.802. The molecule has 2 aliphatic rings. The third-order valence-corrected chi connectivity index (χ3v) is 7.10. The summed E-state index contributed by atoms with van der Waals surface area (Å²) in [5, 5.41) is 10.2. The Balaban J connectivity index is 1.59.